The molecule has 0 unspecified atom stereocenters. The predicted octanol–water partition coefficient (Wildman–Crippen LogP) is 4.82. The number of anilines is 1. The first kappa shape index (κ1) is 24.6. The summed E-state index contributed by atoms with van der Waals surface area (Å²) >= 11 is 0. The minimum Gasteiger partial charge on any atom is -0.348 e. The molecule has 1 aromatic heterocycles. The number of aryl methyl sites for hydroxylation is 1. The minimum atomic E-state index is -0.319. The number of hydrogen-bond donors (Lipinski definition) is 2. The summed E-state index contributed by atoms with van der Waals surface area (Å²) in [7, 11) is 1.70. The fraction of sp³-hybridized carbons (Fsp3) is 0.185. The van der Waals surface area contributed by atoms with Crippen LogP contribution in [0.3, 0.4) is 0 Å². The van der Waals surface area contributed by atoms with E-state index >= 15 is 0 Å². The molecular weight excluding hydrogens is 461 g/mol. The normalized spacial score (nSPS) is 10.6. The number of likely N-dealkylation sites (N-methyl/N-ethyl adjacent to an activating group) is 1. The summed E-state index contributed by atoms with van der Waals surface area (Å²) in [6.07, 6.45) is 0.422. The summed E-state index contributed by atoms with van der Waals surface area (Å²) in [6.45, 7) is 2.67. The number of hydrogen-bond acceptors (Lipinski definition) is 5. The van der Waals surface area contributed by atoms with Gasteiger partial charge < -0.3 is 20.1 Å². The quantitative estimate of drug-likeness (QED) is 0.371. The SMILES string of the molecule is Cc1cccc(NC(=O)N(C)CCc2noc(-c3ccc(C(=O)NCc4ccc(F)cc4)cc3)n2)c1. The van der Waals surface area contributed by atoms with Crippen molar-refractivity contribution < 1.29 is 18.5 Å². The number of nitrogens with zero attached hydrogens (tertiary/aromatic N) is 3. The van der Waals surface area contributed by atoms with Crippen LogP contribution in [0.25, 0.3) is 11.5 Å². The summed E-state index contributed by atoms with van der Waals surface area (Å²) in [4.78, 5) is 30.8. The van der Waals surface area contributed by atoms with Crippen molar-refractivity contribution in [3.8, 4) is 11.5 Å². The van der Waals surface area contributed by atoms with Crippen molar-refractivity contribution in [3.63, 3.8) is 0 Å². The number of rotatable bonds is 8. The highest BCUT2D eigenvalue weighted by atomic mass is 19.1. The van der Waals surface area contributed by atoms with Gasteiger partial charge in [0.1, 0.15) is 5.82 Å². The summed E-state index contributed by atoms with van der Waals surface area (Å²) in [6, 6.07) is 20.1. The first-order valence-corrected chi connectivity index (χ1v) is 11.4. The van der Waals surface area contributed by atoms with Gasteiger partial charge in [-0.1, -0.05) is 29.4 Å². The molecule has 0 aliphatic carbocycles. The third-order valence-corrected chi connectivity index (χ3v) is 5.52. The lowest BCUT2D eigenvalue weighted by Crippen LogP contribution is -2.33. The number of carbonyl (C=O) groups is 2. The molecule has 1 heterocycles. The molecule has 4 rings (SSSR count). The molecular formula is C27H26FN5O3. The maximum atomic E-state index is 13.0. The third kappa shape index (κ3) is 6.53. The van der Waals surface area contributed by atoms with Gasteiger partial charge in [0.2, 0.25) is 0 Å². The van der Waals surface area contributed by atoms with Crippen LogP contribution < -0.4 is 10.6 Å². The lowest BCUT2D eigenvalue weighted by molar-refractivity contribution is 0.0951. The number of carbonyl (C=O) groups excluding carboxylic acids is 2. The number of benzene rings is 3. The molecule has 9 heteroatoms. The lowest BCUT2D eigenvalue weighted by Gasteiger charge is -2.17. The van der Waals surface area contributed by atoms with Gasteiger partial charge in [-0.25, -0.2) is 9.18 Å². The molecule has 36 heavy (non-hydrogen) atoms. The van der Waals surface area contributed by atoms with Gasteiger partial charge in [0.05, 0.1) is 0 Å². The van der Waals surface area contributed by atoms with Crippen molar-refractivity contribution in [2.45, 2.75) is 19.9 Å². The molecule has 0 radical (unpaired) electrons. The molecule has 0 saturated heterocycles. The van der Waals surface area contributed by atoms with Gasteiger partial charge in [-0.3, -0.25) is 4.79 Å². The van der Waals surface area contributed by atoms with Gasteiger partial charge >= 0.3 is 6.03 Å². The second-order valence-electron chi connectivity index (χ2n) is 8.37. The van der Waals surface area contributed by atoms with E-state index in [1.165, 1.54) is 12.1 Å². The van der Waals surface area contributed by atoms with Crippen LogP contribution in [0.4, 0.5) is 14.9 Å². The Morgan fingerprint density at radius 1 is 1.03 bits per heavy atom. The highest BCUT2D eigenvalue weighted by molar-refractivity contribution is 5.94. The standard InChI is InChI=1S/C27H26FN5O3/c1-18-4-3-5-23(16-18)30-27(35)33(2)15-14-24-31-26(36-32-24)21-10-8-20(9-11-21)25(34)29-17-19-6-12-22(28)13-7-19/h3-13,16H,14-15,17H2,1-2H3,(H,29,34)(H,30,35). The molecule has 3 amide bonds. The summed E-state index contributed by atoms with van der Waals surface area (Å²) < 4.78 is 18.4. The molecule has 3 aromatic carbocycles. The number of aromatic nitrogens is 2. The zero-order chi connectivity index (χ0) is 25.5. The van der Waals surface area contributed by atoms with E-state index in [0.29, 0.717) is 42.4 Å². The Kier molecular flexibility index (Phi) is 7.69. The number of halogens is 1. The van der Waals surface area contributed by atoms with E-state index in [9.17, 15) is 14.0 Å². The Hall–Kier alpha value is -4.53. The van der Waals surface area contributed by atoms with Gasteiger partial charge in [-0.2, -0.15) is 4.98 Å². The minimum absolute atomic E-state index is 0.224. The Bertz CT molecular complexity index is 1340. The number of amides is 3. The summed E-state index contributed by atoms with van der Waals surface area (Å²) in [5.41, 5.74) is 3.75. The first-order chi connectivity index (χ1) is 17.4. The number of nitrogens with one attached hydrogen (secondary N) is 2. The fourth-order valence-corrected chi connectivity index (χ4v) is 3.43. The molecule has 0 atom stereocenters. The summed E-state index contributed by atoms with van der Waals surface area (Å²) in [5, 5.41) is 9.66. The van der Waals surface area contributed by atoms with Crippen molar-refractivity contribution in [2.24, 2.45) is 0 Å². The van der Waals surface area contributed by atoms with E-state index in [-0.39, 0.29) is 17.8 Å². The van der Waals surface area contributed by atoms with E-state index in [0.717, 1.165) is 16.8 Å². The Morgan fingerprint density at radius 2 is 1.78 bits per heavy atom. The topological polar surface area (TPSA) is 100 Å². The maximum Gasteiger partial charge on any atom is 0.321 e. The molecule has 2 N–H and O–H groups in total. The molecule has 4 aromatic rings. The molecule has 0 bridgehead atoms. The monoisotopic (exact) mass is 487 g/mol. The van der Waals surface area contributed by atoms with Gasteiger partial charge in [0, 0.05) is 43.4 Å². The van der Waals surface area contributed by atoms with Crippen LogP contribution in [0.15, 0.2) is 77.3 Å². The van der Waals surface area contributed by atoms with Crippen LogP contribution in [-0.2, 0) is 13.0 Å². The van der Waals surface area contributed by atoms with Crippen molar-refractivity contribution in [1.82, 2.24) is 20.4 Å². The van der Waals surface area contributed by atoms with Crippen LogP contribution in [0.5, 0.6) is 0 Å². The highest BCUT2D eigenvalue weighted by Crippen LogP contribution is 2.18. The van der Waals surface area contributed by atoms with E-state index in [4.69, 9.17) is 4.52 Å². The second kappa shape index (κ2) is 11.3. The highest BCUT2D eigenvalue weighted by Gasteiger charge is 2.14. The third-order valence-electron chi connectivity index (χ3n) is 5.52. The van der Waals surface area contributed by atoms with E-state index < -0.39 is 0 Å². The maximum absolute atomic E-state index is 13.0. The molecule has 184 valence electrons. The van der Waals surface area contributed by atoms with Crippen molar-refractivity contribution in [3.05, 3.63) is 101 Å². The number of urea groups is 1. The smallest absolute Gasteiger partial charge is 0.321 e. The molecule has 8 nitrogen and oxygen atoms in total. The first-order valence-electron chi connectivity index (χ1n) is 11.4. The van der Waals surface area contributed by atoms with Gasteiger partial charge in [-0.15, -0.1) is 0 Å². The van der Waals surface area contributed by atoms with Crippen LogP contribution in [0.2, 0.25) is 0 Å². The van der Waals surface area contributed by atoms with Crippen molar-refractivity contribution in [1.29, 1.82) is 0 Å². The lowest BCUT2D eigenvalue weighted by atomic mass is 10.1. The largest absolute Gasteiger partial charge is 0.348 e. The fourth-order valence-electron chi connectivity index (χ4n) is 3.43. The van der Waals surface area contributed by atoms with E-state index in [2.05, 4.69) is 20.8 Å². The Labute approximate surface area is 208 Å². The van der Waals surface area contributed by atoms with Crippen LogP contribution >= 0.6 is 0 Å². The predicted molar refractivity (Wildman–Crippen MR) is 134 cm³/mol. The molecule has 0 saturated carbocycles. The Morgan fingerprint density at radius 3 is 2.50 bits per heavy atom. The van der Waals surface area contributed by atoms with Crippen LogP contribution in [-0.4, -0.2) is 40.6 Å². The Balaban J connectivity index is 1.28. The second-order valence-corrected chi connectivity index (χ2v) is 8.37. The molecule has 0 spiro atoms. The van der Waals surface area contributed by atoms with Gasteiger partial charge in [0.15, 0.2) is 5.82 Å². The van der Waals surface area contributed by atoms with E-state index in [1.807, 2.05) is 31.2 Å². The molecule has 0 aliphatic heterocycles. The van der Waals surface area contributed by atoms with Crippen LogP contribution in [0.1, 0.15) is 27.3 Å². The molecule has 0 fully saturated rings. The average molecular weight is 488 g/mol. The van der Waals surface area contributed by atoms with Crippen molar-refractivity contribution in [2.75, 3.05) is 18.9 Å². The zero-order valence-electron chi connectivity index (χ0n) is 20.0. The molecule has 0 aliphatic rings. The van der Waals surface area contributed by atoms with Gasteiger partial charge in [0.25, 0.3) is 11.8 Å². The van der Waals surface area contributed by atoms with Gasteiger partial charge in [-0.05, 0) is 66.6 Å². The van der Waals surface area contributed by atoms with Crippen molar-refractivity contribution >= 4 is 17.6 Å². The van der Waals surface area contributed by atoms with E-state index in [1.54, 1.807) is 48.3 Å². The van der Waals surface area contributed by atoms with Crippen LogP contribution in [0, 0.1) is 12.7 Å². The zero-order valence-corrected chi connectivity index (χ0v) is 20.0. The summed E-state index contributed by atoms with van der Waals surface area (Å²) in [5.74, 6) is 0.237. The average Bonchev–Trinajstić information content (AvgIpc) is 3.36.